The molecular formula is C14H20O. The summed E-state index contributed by atoms with van der Waals surface area (Å²) in [6.07, 6.45) is 10.7. The lowest BCUT2D eigenvalue weighted by atomic mass is 9.74. The van der Waals surface area contributed by atoms with Crippen LogP contribution >= 0.6 is 0 Å². The van der Waals surface area contributed by atoms with Crippen molar-refractivity contribution in [2.45, 2.75) is 26.2 Å². The predicted molar refractivity (Wildman–Crippen MR) is 66.7 cm³/mol. The van der Waals surface area contributed by atoms with Gasteiger partial charge < -0.3 is 0 Å². The van der Waals surface area contributed by atoms with Crippen molar-refractivity contribution in [1.29, 1.82) is 0 Å². The first-order chi connectivity index (χ1) is 7.16. The Labute approximate surface area is 92.9 Å². The van der Waals surface area contributed by atoms with Gasteiger partial charge in [-0.3, -0.25) is 4.79 Å². The maximum atomic E-state index is 12.0. The minimum atomic E-state index is -0.419. The third-order valence-corrected chi connectivity index (χ3v) is 2.45. The first-order valence-electron chi connectivity index (χ1n) is 5.16. The number of ketones is 1. The van der Waals surface area contributed by atoms with Gasteiger partial charge in [0.15, 0.2) is 5.78 Å². The summed E-state index contributed by atoms with van der Waals surface area (Å²) >= 11 is 0. The van der Waals surface area contributed by atoms with Gasteiger partial charge in [0.1, 0.15) is 0 Å². The molecule has 0 amide bonds. The quantitative estimate of drug-likeness (QED) is 0.433. The Balaban J connectivity index is 5.05. The second-order valence-corrected chi connectivity index (χ2v) is 3.62. The second kappa shape index (κ2) is 6.99. The smallest absolute Gasteiger partial charge is 0.162 e. The van der Waals surface area contributed by atoms with Crippen LogP contribution in [0.15, 0.2) is 50.1 Å². The highest BCUT2D eigenvalue weighted by Gasteiger charge is 2.32. The van der Waals surface area contributed by atoms with E-state index < -0.39 is 5.41 Å². The normalized spacial score (nSPS) is 11.3. The molecule has 0 bridgehead atoms. The number of allylic oxidation sites excluding steroid dienone is 5. The molecule has 0 saturated carbocycles. The Bertz CT molecular complexity index is 245. The zero-order chi connectivity index (χ0) is 11.7. The van der Waals surface area contributed by atoms with Crippen molar-refractivity contribution >= 4 is 5.78 Å². The SMILES string of the molecule is C=CCC(CC=C)(CC=C)C(=O)C=CC. The standard InChI is InChI=1S/C14H20O/c1-5-9-13(15)14(10-6-2,11-7-3)12-8-4/h5-9H,2-4,10-12H2,1H3. The number of hydrogen-bond donors (Lipinski definition) is 0. The van der Waals surface area contributed by atoms with Crippen LogP contribution in [0.5, 0.6) is 0 Å². The van der Waals surface area contributed by atoms with Crippen LogP contribution in [0.4, 0.5) is 0 Å². The molecule has 0 aliphatic heterocycles. The van der Waals surface area contributed by atoms with Gasteiger partial charge in [-0.05, 0) is 32.3 Å². The highest BCUT2D eigenvalue weighted by atomic mass is 16.1. The summed E-state index contributed by atoms with van der Waals surface area (Å²) in [5.74, 6) is 0.129. The minimum Gasteiger partial charge on any atom is -0.294 e. The van der Waals surface area contributed by atoms with Crippen LogP contribution in [0.25, 0.3) is 0 Å². The molecule has 0 radical (unpaired) electrons. The molecule has 0 fully saturated rings. The molecule has 0 aliphatic rings. The summed E-state index contributed by atoms with van der Waals surface area (Å²) in [5, 5.41) is 0. The Morgan fingerprint density at radius 2 is 1.47 bits per heavy atom. The molecule has 1 heteroatoms. The van der Waals surface area contributed by atoms with Gasteiger partial charge in [-0.25, -0.2) is 0 Å². The summed E-state index contributed by atoms with van der Waals surface area (Å²) < 4.78 is 0. The van der Waals surface area contributed by atoms with Crippen molar-refractivity contribution in [2.24, 2.45) is 5.41 Å². The molecule has 0 aliphatic carbocycles. The average molecular weight is 204 g/mol. The molecule has 0 aromatic heterocycles. The van der Waals surface area contributed by atoms with Crippen molar-refractivity contribution in [3.63, 3.8) is 0 Å². The van der Waals surface area contributed by atoms with E-state index in [4.69, 9.17) is 0 Å². The topological polar surface area (TPSA) is 17.1 Å². The van der Waals surface area contributed by atoms with Crippen LogP contribution in [0.1, 0.15) is 26.2 Å². The molecule has 0 aromatic carbocycles. The van der Waals surface area contributed by atoms with Crippen LogP contribution in [-0.2, 0) is 4.79 Å². The van der Waals surface area contributed by atoms with E-state index in [2.05, 4.69) is 19.7 Å². The monoisotopic (exact) mass is 204 g/mol. The minimum absolute atomic E-state index is 0.129. The van der Waals surface area contributed by atoms with Crippen molar-refractivity contribution in [1.82, 2.24) is 0 Å². The van der Waals surface area contributed by atoms with E-state index in [1.165, 1.54) is 0 Å². The molecule has 0 rings (SSSR count). The molecule has 0 unspecified atom stereocenters. The van der Waals surface area contributed by atoms with E-state index >= 15 is 0 Å². The fraction of sp³-hybridized carbons (Fsp3) is 0.357. The molecular weight excluding hydrogens is 184 g/mol. The molecule has 1 nitrogen and oxygen atoms in total. The molecule has 0 spiro atoms. The lowest BCUT2D eigenvalue weighted by molar-refractivity contribution is -0.123. The number of rotatable bonds is 8. The van der Waals surface area contributed by atoms with Crippen LogP contribution in [0, 0.1) is 5.41 Å². The van der Waals surface area contributed by atoms with Gasteiger partial charge in [-0.1, -0.05) is 24.3 Å². The fourth-order valence-electron chi connectivity index (χ4n) is 1.71. The summed E-state index contributed by atoms with van der Waals surface area (Å²) in [6.45, 7) is 13.0. The van der Waals surface area contributed by atoms with Gasteiger partial charge in [-0.2, -0.15) is 0 Å². The molecule has 0 aromatic rings. The summed E-state index contributed by atoms with van der Waals surface area (Å²) in [6, 6.07) is 0. The van der Waals surface area contributed by atoms with E-state index in [0.717, 1.165) is 0 Å². The summed E-state index contributed by atoms with van der Waals surface area (Å²) in [5.41, 5.74) is -0.419. The molecule has 82 valence electrons. The Kier molecular flexibility index (Phi) is 6.35. The third kappa shape index (κ3) is 3.70. The van der Waals surface area contributed by atoms with E-state index in [1.807, 2.05) is 6.92 Å². The van der Waals surface area contributed by atoms with E-state index in [0.29, 0.717) is 19.3 Å². The van der Waals surface area contributed by atoms with Gasteiger partial charge >= 0.3 is 0 Å². The average Bonchev–Trinajstić information content (AvgIpc) is 2.19. The van der Waals surface area contributed by atoms with Crippen molar-refractivity contribution in [3.8, 4) is 0 Å². The lowest BCUT2D eigenvalue weighted by Gasteiger charge is -2.27. The van der Waals surface area contributed by atoms with Crippen molar-refractivity contribution in [3.05, 3.63) is 50.1 Å². The predicted octanol–water partition coefficient (Wildman–Crippen LogP) is 3.85. The van der Waals surface area contributed by atoms with Gasteiger partial charge in [0.05, 0.1) is 0 Å². The zero-order valence-corrected chi connectivity index (χ0v) is 9.54. The zero-order valence-electron chi connectivity index (χ0n) is 9.54. The van der Waals surface area contributed by atoms with E-state index in [-0.39, 0.29) is 5.78 Å². The maximum absolute atomic E-state index is 12.0. The van der Waals surface area contributed by atoms with Gasteiger partial charge in [0, 0.05) is 5.41 Å². The van der Waals surface area contributed by atoms with Gasteiger partial charge in [0.25, 0.3) is 0 Å². The molecule has 0 N–H and O–H groups in total. The summed E-state index contributed by atoms with van der Waals surface area (Å²) in [4.78, 5) is 12.0. The summed E-state index contributed by atoms with van der Waals surface area (Å²) in [7, 11) is 0. The second-order valence-electron chi connectivity index (χ2n) is 3.62. The molecule has 15 heavy (non-hydrogen) atoms. The van der Waals surface area contributed by atoms with Gasteiger partial charge in [0.2, 0.25) is 0 Å². The lowest BCUT2D eigenvalue weighted by Crippen LogP contribution is -2.28. The first-order valence-corrected chi connectivity index (χ1v) is 5.16. The number of carbonyl (C=O) groups is 1. The highest BCUT2D eigenvalue weighted by Crippen LogP contribution is 2.34. The molecule has 0 heterocycles. The van der Waals surface area contributed by atoms with Crippen LogP contribution in [0.3, 0.4) is 0 Å². The number of hydrogen-bond acceptors (Lipinski definition) is 1. The van der Waals surface area contributed by atoms with Gasteiger partial charge in [-0.15, -0.1) is 19.7 Å². The van der Waals surface area contributed by atoms with Crippen molar-refractivity contribution < 1.29 is 4.79 Å². The number of carbonyl (C=O) groups excluding carboxylic acids is 1. The van der Waals surface area contributed by atoms with E-state index in [1.54, 1.807) is 30.4 Å². The Morgan fingerprint density at radius 1 is 1.07 bits per heavy atom. The fourth-order valence-corrected chi connectivity index (χ4v) is 1.71. The molecule has 0 atom stereocenters. The maximum Gasteiger partial charge on any atom is 0.162 e. The van der Waals surface area contributed by atoms with Crippen LogP contribution in [0.2, 0.25) is 0 Å². The van der Waals surface area contributed by atoms with E-state index in [9.17, 15) is 4.79 Å². The highest BCUT2D eigenvalue weighted by molar-refractivity contribution is 5.95. The van der Waals surface area contributed by atoms with Crippen LogP contribution in [-0.4, -0.2) is 5.78 Å². The third-order valence-electron chi connectivity index (χ3n) is 2.45. The van der Waals surface area contributed by atoms with Crippen LogP contribution < -0.4 is 0 Å². The largest absolute Gasteiger partial charge is 0.294 e. The Hall–Kier alpha value is -1.37. The first kappa shape index (κ1) is 13.6. The Morgan fingerprint density at radius 3 is 1.73 bits per heavy atom. The molecule has 0 saturated heterocycles. The van der Waals surface area contributed by atoms with Crippen molar-refractivity contribution in [2.75, 3.05) is 0 Å².